The van der Waals surface area contributed by atoms with Gasteiger partial charge in [-0.25, -0.2) is 8.42 Å². The van der Waals surface area contributed by atoms with Crippen molar-refractivity contribution in [1.82, 2.24) is 9.21 Å². The zero-order chi connectivity index (χ0) is 16.2. The molecule has 0 N–H and O–H groups in total. The highest BCUT2D eigenvalue weighted by molar-refractivity contribution is 7.89. The standard InChI is InChI=1S/C15H22N2O4S/c1-13(2)11-21-14-3-5-15(6-4-14)22(19,20)17-9-7-16(12-18)8-10-17/h3-6,12-13H,7-11H2,1-2H3. The molecule has 0 spiro atoms. The van der Waals surface area contributed by atoms with Crippen LogP contribution in [0.1, 0.15) is 13.8 Å². The molecule has 2 rings (SSSR count). The molecule has 1 aliphatic rings. The first-order valence-corrected chi connectivity index (χ1v) is 8.80. The van der Waals surface area contributed by atoms with Crippen LogP contribution in [-0.4, -0.2) is 56.8 Å². The summed E-state index contributed by atoms with van der Waals surface area (Å²) >= 11 is 0. The number of sulfonamides is 1. The van der Waals surface area contributed by atoms with E-state index in [4.69, 9.17) is 4.74 Å². The molecule has 6 nitrogen and oxygen atoms in total. The van der Waals surface area contributed by atoms with Crippen LogP contribution in [0, 0.1) is 5.92 Å². The Morgan fingerprint density at radius 3 is 2.23 bits per heavy atom. The van der Waals surface area contributed by atoms with Gasteiger partial charge in [0.15, 0.2) is 0 Å². The van der Waals surface area contributed by atoms with Crippen molar-refractivity contribution in [2.24, 2.45) is 5.92 Å². The van der Waals surface area contributed by atoms with Crippen molar-refractivity contribution in [3.8, 4) is 5.75 Å². The molecule has 7 heteroatoms. The molecule has 1 aromatic carbocycles. The maximum absolute atomic E-state index is 12.5. The van der Waals surface area contributed by atoms with Gasteiger partial charge in [0.2, 0.25) is 16.4 Å². The summed E-state index contributed by atoms with van der Waals surface area (Å²) in [5.74, 6) is 1.08. The van der Waals surface area contributed by atoms with Crippen LogP contribution in [-0.2, 0) is 14.8 Å². The maximum Gasteiger partial charge on any atom is 0.243 e. The first-order chi connectivity index (χ1) is 10.4. The van der Waals surface area contributed by atoms with Crippen molar-refractivity contribution in [3.63, 3.8) is 0 Å². The van der Waals surface area contributed by atoms with E-state index in [1.165, 1.54) is 4.31 Å². The van der Waals surface area contributed by atoms with Crippen molar-refractivity contribution < 1.29 is 17.9 Å². The lowest BCUT2D eigenvalue weighted by Crippen LogP contribution is -2.47. The number of benzene rings is 1. The fraction of sp³-hybridized carbons (Fsp3) is 0.533. The van der Waals surface area contributed by atoms with Gasteiger partial charge >= 0.3 is 0 Å². The van der Waals surface area contributed by atoms with Gasteiger partial charge in [-0.15, -0.1) is 0 Å². The van der Waals surface area contributed by atoms with Gasteiger partial charge in [0.05, 0.1) is 11.5 Å². The molecule has 1 heterocycles. The minimum absolute atomic E-state index is 0.254. The Kier molecular flexibility index (Phi) is 5.42. The molecule has 0 saturated carbocycles. The number of hydrogen-bond donors (Lipinski definition) is 0. The summed E-state index contributed by atoms with van der Waals surface area (Å²) in [6.07, 6.45) is 0.755. The van der Waals surface area contributed by atoms with E-state index in [9.17, 15) is 13.2 Å². The third-order valence-electron chi connectivity index (χ3n) is 3.47. The molecule has 0 unspecified atom stereocenters. The van der Waals surface area contributed by atoms with Crippen LogP contribution in [0.2, 0.25) is 0 Å². The zero-order valence-electron chi connectivity index (χ0n) is 12.9. The Balaban J connectivity index is 2.05. The van der Waals surface area contributed by atoms with Crippen molar-refractivity contribution in [2.45, 2.75) is 18.7 Å². The number of ether oxygens (including phenoxy) is 1. The SMILES string of the molecule is CC(C)COc1ccc(S(=O)(=O)N2CCN(C=O)CC2)cc1. The third-order valence-corrected chi connectivity index (χ3v) is 5.38. The van der Waals surface area contributed by atoms with Gasteiger partial charge in [-0.3, -0.25) is 4.79 Å². The van der Waals surface area contributed by atoms with Crippen LogP contribution >= 0.6 is 0 Å². The smallest absolute Gasteiger partial charge is 0.243 e. The van der Waals surface area contributed by atoms with Crippen LogP contribution in [0.25, 0.3) is 0 Å². The summed E-state index contributed by atoms with van der Waals surface area (Å²) in [5.41, 5.74) is 0. The number of nitrogens with zero attached hydrogens (tertiary/aromatic N) is 2. The van der Waals surface area contributed by atoms with Crippen molar-refractivity contribution in [2.75, 3.05) is 32.8 Å². The highest BCUT2D eigenvalue weighted by Gasteiger charge is 2.27. The van der Waals surface area contributed by atoms with Gasteiger partial charge in [-0.2, -0.15) is 4.31 Å². The number of carbonyl (C=O) groups is 1. The van der Waals surface area contributed by atoms with Gasteiger partial charge < -0.3 is 9.64 Å². The highest BCUT2D eigenvalue weighted by Crippen LogP contribution is 2.21. The number of carbonyl (C=O) groups excluding carboxylic acids is 1. The van der Waals surface area contributed by atoms with Gasteiger partial charge in [-0.1, -0.05) is 13.8 Å². The molecule has 22 heavy (non-hydrogen) atoms. The number of rotatable bonds is 6. The van der Waals surface area contributed by atoms with Crippen LogP contribution in [0.3, 0.4) is 0 Å². The van der Waals surface area contributed by atoms with Crippen LogP contribution in [0.5, 0.6) is 5.75 Å². The van der Waals surface area contributed by atoms with Crippen LogP contribution < -0.4 is 4.74 Å². The molecular formula is C15H22N2O4S. The van der Waals surface area contributed by atoms with Gasteiger partial charge in [-0.05, 0) is 30.2 Å². The van der Waals surface area contributed by atoms with E-state index in [1.54, 1.807) is 29.2 Å². The van der Waals surface area contributed by atoms with Gasteiger partial charge in [0.25, 0.3) is 0 Å². The largest absolute Gasteiger partial charge is 0.493 e. The Morgan fingerprint density at radius 2 is 1.73 bits per heavy atom. The molecule has 1 fully saturated rings. The van der Waals surface area contributed by atoms with E-state index in [1.807, 2.05) is 0 Å². The molecule has 0 radical (unpaired) electrons. The summed E-state index contributed by atoms with van der Waals surface area (Å²) < 4.78 is 32.0. The average molecular weight is 326 g/mol. The van der Waals surface area contributed by atoms with E-state index in [0.717, 1.165) is 6.41 Å². The maximum atomic E-state index is 12.5. The van der Waals surface area contributed by atoms with Crippen LogP contribution in [0.4, 0.5) is 0 Å². The summed E-state index contributed by atoms with van der Waals surface area (Å²) in [4.78, 5) is 12.5. The number of amides is 1. The summed E-state index contributed by atoms with van der Waals surface area (Å²) in [6, 6.07) is 6.49. The topological polar surface area (TPSA) is 66.9 Å². The Bertz CT molecular complexity index is 590. The molecule has 0 atom stereocenters. The Hall–Kier alpha value is -1.60. The Morgan fingerprint density at radius 1 is 1.14 bits per heavy atom. The van der Waals surface area contributed by atoms with E-state index in [-0.39, 0.29) is 4.90 Å². The zero-order valence-corrected chi connectivity index (χ0v) is 13.8. The summed E-state index contributed by atoms with van der Waals surface area (Å²) in [7, 11) is -3.51. The van der Waals surface area contributed by atoms with E-state index >= 15 is 0 Å². The van der Waals surface area contributed by atoms with E-state index in [0.29, 0.717) is 44.5 Å². The molecule has 1 amide bonds. The summed E-state index contributed by atoms with van der Waals surface area (Å²) in [6.45, 7) is 6.21. The molecule has 1 saturated heterocycles. The molecule has 0 aliphatic carbocycles. The van der Waals surface area contributed by atoms with Crippen molar-refractivity contribution >= 4 is 16.4 Å². The van der Waals surface area contributed by atoms with Crippen LogP contribution in [0.15, 0.2) is 29.2 Å². The molecule has 0 aromatic heterocycles. The predicted molar refractivity (Wildman–Crippen MR) is 83.2 cm³/mol. The molecule has 1 aliphatic heterocycles. The molecule has 122 valence electrons. The molecule has 1 aromatic rings. The number of piperazine rings is 1. The Labute approximate surface area is 131 Å². The van der Waals surface area contributed by atoms with Gasteiger partial charge in [0.1, 0.15) is 5.75 Å². The van der Waals surface area contributed by atoms with Crippen molar-refractivity contribution in [1.29, 1.82) is 0 Å². The second kappa shape index (κ2) is 7.11. The monoisotopic (exact) mass is 326 g/mol. The summed E-state index contributed by atoms with van der Waals surface area (Å²) in [5, 5.41) is 0. The highest BCUT2D eigenvalue weighted by atomic mass is 32.2. The van der Waals surface area contributed by atoms with E-state index < -0.39 is 10.0 Å². The quantitative estimate of drug-likeness (QED) is 0.736. The fourth-order valence-electron chi connectivity index (χ4n) is 2.17. The lowest BCUT2D eigenvalue weighted by Gasteiger charge is -2.31. The molecular weight excluding hydrogens is 304 g/mol. The fourth-order valence-corrected chi connectivity index (χ4v) is 3.59. The lowest BCUT2D eigenvalue weighted by atomic mass is 10.2. The normalized spacial score (nSPS) is 16.8. The minimum atomic E-state index is -3.51. The first-order valence-electron chi connectivity index (χ1n) is 7.36. The second-order valence-corrected chi connectivity index (χ2v) is 7.66. The molecule has 0 bridgehead atoms. The predicted octanol–water partition coefficient (Wildman–Crippen LogP) is 1.18. The second-order valence-electron chi connectivity index (χ2n) is 5.72. The number of hydrogen-bond acceptors (Lipinski definition) is 4. The van der Waals surface area contributed by atoms with E-state index in [2.05, 4.69) is 13.8 Å². The average Bonchev–Trinajstić information content (AvgIpc) is 2.53. The lowest BCUT2D eigenvalue weighted by molar-refractivity contribution is -0.119. The first kappa shape index (κ1) is 16.8. The third kappa shape index (κ3) is 3.98. The van der Waals surface area contributed by atoms with Gasteiger partial charge in [0, 0.05) is 26.2 Å². The van der Waals surface area contributed by atoms with Crippen molar-refractivity contribution in [3.05, 3.63) is 24.3 Å². The minimum Gasteiger partial charge on any atom is -0.493 e.